The van der Waals surface area contributed by atoms with Crippen molar-refractivity contribution in [2.45, 2.75) is 32.0 Å². The number of hydrogen-bond acceptors (Lipinski definition) is 4. The number of urea groups is 1. The minimum absolute atomic E-state index is 0.0512. The Morgan fingerprint density at radius 1 is 0.946 bits per heavy atom. The SMILES string of the molecule is CCC(=O)NC1CCN(c2ccc(NC(=O)Nc3ccc(Oc4cccc(C(F)(F)F)c4)cc3)cc2)C1. The third kappa shape index (κ3) is 7.16. The molecule has 1 fully saturated rings. The van der Waals surface area contributed by atoms with Crippen molar-refractivity contribution in [1.29, 1.82) is 0 Å². The van der Waals surface area contributed by atoms with Crippen LogP contribution in [0.2, 0.25) is 0 Å². The van der Waals surface area contributed by atoms with E-state index in [1.807, 2.05) is 19.1 Å². The maximum absolute atomic E-state index is 12.9. The minimum atomic E-state index is -4.45. The van der Waals surface area contributed by atoms with Gasteiger partial charge in [0.1, 0.15) is 11.5 Å². The fraction of sp³-hybridized carbons (Fsp3) is 0.259. The van der Waals surface area contributed by atoms with Gasteiger partial charge < -0.3 is 25.6 Å². The lowest BCUT2D eigenvalue weighted by atomic mass is 10.2. The van der Waals surface area contributed by atoms with Crippen LogP contribution in [0.25, 0.3) is 0 Å². The maximum Gasteiger partial charge on any atom is 0.416 e. The zero-order valence-corrected chi connectivity index (χ0v) is 20.1. The molecule has 4 rings (SSSR count). The standard InChI is InChI=1S/C27H27F3N4O3/c1-2-25(35)31-21-14-15-34(17-21)22-10-6-19(7-11-22)32-26(36)33-20-8-12-23(13-9-20)37-24-5-3-4-18(16-24)27(28,29)30/h3-13,16,21H,2,14-15,17H2,1H3,(H,31,35)(H2,32,33,36). The number of nitrogens with one attached hydrogen (secondary N) is 3. The summed E-state index contributed by atoms with van der Waals surface area (Å²) in [4.78, 5) is 26.2. The maximum atomic E-state index is 12.9. The van der Waals surface area contributed by atoms with Gasteiger partial charge in [-0.05, 0) is 73.2 Å². The summed E-state index contributed by atoms with van der Waals surface area (Å²) in [6.07, 6.45) is -3.10. The lowest BCUT2D eigenvalue weighted by Crippen LogP contribution is -2.36. The first kappa shape index (κ1) is 25.9. The van der Waals surface area contributed by atoms with E-state index in [-0.39, 0.29) is 17.7 Å². The second-order valence-electron chi connectivity index (χ2n) is 8.63. The number of nitrogens with zero attached hydrogens (tertiary/aromatic N) is 1. The van der Waals surface area contributed by atoms with E-state index in [4.69, 9.17) is 4.74 Å². The van der Waals surface area contributed by atoms with Crippen LogP contribution in [0.5, 0.6) is 11.5 Å². The normalized spacial score (nSPS) is 15.2. The molecule has 1 saturated heterocycles. The molecule has 0 aromatic heterocycles. The second-order valence-corrected chi connectivity index (χ2v) is 8.63. The van der Waals surface area contributed by atoms with E-state index in [9.17, 15) is 22.8 Å². The molecule has 1 atom stereocenters. The number of ether oxygens (including phenoxy) is 1. The molecule has 37 heavy (non-hydrogen) atoms. The molecule has 1 aliphatic heterocycles. The molecule has 0 bridgehead atoms. The van der Waals surface area contributed by atoms with E-state index in [0.717, 1.165) is 37.3 Å². The van der Waals surface area contributed by atoms with Gasteiger partial charge in [0, 0.05) is 42.6 Å². The van der Waals surface area contributed by atoms with E-state index >= 15 is 0 Å². The Balaban J connectivity index is 1.27. The number of anilines is 3. The molecular weight excluding hydrogens is 485 g/mol. The number of amides is 3. The molecule has 7 nitrogen and oxygen atoms in total. The van der Waals surface area contributed by atoms with Crippen LogP contribution in [0.3, 0.4) is 0 Å². The third-order valence-electron chi connectivity index (χ3n) is 5.87. The van der Waals surface area contributed by atoms with Crippen molar-refractivity contribution >= 4 is 29.0 Å². The van der Waals surface area contributed by atoms with Gasteiger partial charge in [0.25, 0.3) is 0 Å². The van der Waals surface area contributed by atoms with E-state index in [0.29, 0.717) is 23.5 Å². The summed E-state index contributed by atoms with van der Waals surface area (Å²) in [6, 6.07) is 18.0. The molecule has 3 N–H and O–H groups in total. The number of benzene rings is 3. The topological polar surface area (TPSA) is 82.7 Å². The third-order valence-corrected chi connectivity index (χ3v) is 5.87. The van der Waals surface area contributed by atoms with E-state index < -0.39 is 17.8 Å². The number of rotatable bonds is 7. The average molecular weight is 513 g/mol. The highest BCUT2D eigenvalue weighted by atomic mass is 19.4. The van der Waals surface area contributed by atoms with Crippen molar-refractivity contribution in [3.63, 3.8) is 0 Å². The highest BCUT2D eigenvalue weighted by molar-refractivity contribution is 5.99. The largest absolute Gasteiger partial charge is 0.457 e. The lowest BCUT2D eigenvalue weighted by molar-refractivity contribution is -0.137. The van der Waals surface area contributed by atoms with Crippen LogP contribution in [0.1, 0.15) is 25.3 Å². The quantitative estimate of drug-likeness (QED) is 0.350. The van der Waals surface area contributed by atoms with Crippen molar-refractivity contribution in [3.8, 4) is 11.5 Å². The van der Waals surface area contributed by atoms with Crippen molar-refractivity contribution < 1.29 is 27.5 Å². The summed E-state index contributed by atoms with van der Waals surface area (Å²) in [6.45, 7) is 3.42. The van der Waals surface area contributed by atoms with Gasteiger partial charge in [0.2, 0.25) is 5.91 Å². The Hall–Kier alpha value is -4.21. The monoisotopic (exact) mass is 512 g/mol. The molecule has 0 aliphatic carbocycles. The summed E-state index contributed by atoms with van der Waals surface area (Å²) < 4.78 is 44.1. The average Bonchev–Trinajstić information content (AvgIpc) is 3.33. The zero-order valence-electron chi connectivity index (χ0n) is 20.1. The Morgan fingerprint density at radius 2 is 1.59 bits per heavy atom. The molecule has 194 valence electrons. The van der Waals surface area contributed by atoms with Crippen LogP contribution in [0.15, 0.2) is 72.8 Å². The van der Waals surface area contributed by atoms with Gasteiger partial charge in [-0.2, -0.15) is 13.2 Å². The van der Waals surface area contributed by atoms with Gasteiger partial charge in [0.15, 0.2) is 0 Å². The molecule has 3 aromatic rings. The van der Waals surface area contributed by atoms with Gasteiger partial charge in [-0.15, -0.1) is 0 Å². The molecule has 1 heterocycles. The summed E-state index contributed by atoms with van der Waals surface area (Å²) in [5.74, 6) is 0.446. The number of halogens is 3. The molecule has 3 amide bonds. The van der Waals surface area contributed by atoms with Gasteiger partial charge >= 0.3 is 12.2 Å². The first-order chi connectivity index (χ1) is 17.7. The Bertz CT molecular complexity index is 1230. The molecule has 1 unspecified atom stereocenters. The summed E-state index contributed by atoms with van der Waals surface area (Å²) in [5, 5.41) is 8.48. The van der Waals surface area contributed by atoms with Gasteiger partial charge in [-0.1, -0.05) is 13.0 Å². The molecule has 10 heteroatoms. The first-order valence-corrected chi connectivity index (χ1v) is 11.9. The predicted octanol–water partition coefficient (Wildman–Crippen LogP) is 6.25. The smallest absolute Gasteiger partial charge is 0.416 e. The van der Waals surface area contributed by atoms with Crippen molar-refractivity contribution in [2.24, 2.45) is 0 Å². The summed E-state index contributed by atoms with van der Waals surface area (Å²) >= 11 is 0. The number of alkyl halides is 3. The van der Waals surface area contributed by atoms with Gasteiger partial charge in [-0.3, -0.25) is 4.79 Å². The van der Waals surface area contributed by atoms with Crippen LogP contribution in [0.4, 0.5) is 35.0 Å². The molecule has 0 saturated carbocycles. The van der Waals surface area contributed by atoms with E-state index in [2.05, 4.69) is 20.9 Å². The molecule has 1 aliphatic rings. The molecule has 0 radical (unpaired) electrons. The highest BCUT2D eigenvalue weighted by Gasteiger charge is 2.30. The van der Waals surface area contributed by atoms with Crippen LogP contribution in [-0.4, -0.2) is 31.1 Å². The fourth-order valence-corrected chi connectivity index (χ4v) is 3.97. The highest BCUT2D eigenvalue weighted by Crippen LogP contribution is 2.33. The molecular formula is C27H27F3N4O3. The molecule has 3 aromatic carbocycles. The Morgan fingerprint density at radius 3 is 2.22 bits per heavy atom. The zero-order chi connectivity index (χ0) is 26.4. The Kier molecular flexibility index (Phi) is 7.86. The fourth-order valence-electron chi connectivity index (χ4n) is 3.97. The van der Waals surface area contributed by atoms with E-state index in [1.165, 1.54) is 12.1 Å². The van der Waals surface area contributed by atoms with Crippen LogP contribution in [0, 0.1) is 0 Å². The summed E-state index contributed by atoms with van der Waals surface area (Å²) in [5.41, 5.74) is 1.32. The number of hydrogen-bond donors (Lipinski definition) is 3. The van der Waals surface area contributed by atoms with Gasteiger partial charge in [-0.25, -0.2) is 4.79 Å². The number of carbonyl (C=O) groups excluding carboxylic acids is 2. The van der Waals surface area contributed by atoms with E-state index in [1.54, 1.807) is 36.4 Å². The van der Waals surface area contributed by atoms with Crippen LogP contribution in [-0.2, 0) is 11.0 Å². The predicted molar refractivity (Wildman–Crippen MR) is 136 cm³/mol. The second kappa shape index (κ2) is 11.2. The van der Waals surface area contributed by atoms with Crippen molar-refractivity contribution in [2.75, 3.05) is 28.6 Å². The summed E-state index contributed by atoms with van der Waals surface area (Å²) in [7, 11) is 0. The van der Waals surface area contributed by atoms with Crippen LogP contribution < -0.4 is 25.6 Å². The van der Waals surface area contributed by atoms with Crippen LogP contribution >= 0.6 is 0 Å². The lowest BCUT2D eigenvalue weighted by Gasteiger charge is -2.19. The van der Waals surface area contributed by atoms with Crippen molar-refractivity contribution in [3.05, 3.63) is 78.4 Å². The molecule has 0 spiro atoms. The number of carbonyl (C=O) groups is 2. The minimum Gasteiger partial charge on any atom is -0.457 e. The van der Waals surface area contributed by atoms with Gasteiger partial charge in [0.05, 0.1) is 5.56 Å². The first-order valence-electron chi connectivity index (χ1n) is 11.9. The Labute approximate surface area is 212 Å². The van der Waals surface area contributed by atoms with Crippen molar-refractivity contribution in [1.82, 2.24) is 5.32 Å².